The van der Waals surface area contributed by atoms with E-state index in [9.17, 15) is 14.7 Å². The van der Waals surface area contributed by atoms with Gasteiger partial charge in [0.2, 0.25) is 5.75 Å². The molecule has 0 aliphatic carbocycles. The maximum Gasteiger partial charge on any atom is 0.295 e. The fraction of sp³-hybridized carbons (Fsp3) is 0.379. The number of carbonyl (C=O) groups is 2. The van der Waals surface area contributed by atoms with Crippen molar-refractivity contribution in [3.63, 3.8) is 0 Å². The number of amides is 1. The van der Waals surface area contributed by atoms with Gasteiger partial charge in [-0.1, -0.05) is 26.5 Å². The summed E-state index contributed by atoms with van der Waals surface area (Å²) in [6.07, 6.45) is 1.63. The zero-order chi connectivity index (χ0) is 27.8. The molecule has 1 amide bonds. The first-order valence-corrected chi connectivity index (χ1v) is 12.5. The smallest absolute Gasteiger partial charge is 0.295 e. The van der Waals surface area contributed by atoms with E-state index in [2.05, 4.69) is 11.5 Å². The molecule has 1 aliphatic rings. The molecule has 9 nitrogen and oxygen atoms in total. The number of nitrogens with zero attached hydrogens (tertiary/aromatic N) is 2. The largest absolute Gasteiger partial charge is 0.507 e. The van der Waals surface area contributed by atoms with E-state index < -0.39 is 17.7 Å². The Morgan fingerprint density at radius 2 is 1.63 bits per heavy atom. The summed E-state index contributed by atoms with van der Waals surface area (Å²) in [7, 11) is 4.49. The van der Waals surface area contributed by atoms with Gasteiger partial charge in [-0.2, -0.15) is 0 Å². The van der Waals surface area contributed by atoms with Crippen LogP contribution in [0.15, 0.2) is 54.6 Å². The Bertz CT molecular complexity index is 1160. The summed E-state index contributed by atoms with van der Waals surface area (Å²) in [5, 5.41) is 11.4. The van der Waals surface area contributed by atoms with E-state index in [-0.39, 0.29) is 11.3 Å². The average molecular weight is 525 g/mol. The highest BCUT2D eigenvalue weighted by atomic mass is 16.5. The lowest BCUT2D eigenvalue weighted by molar-refractivity contribution is -0.140. The number of ether oxygens (including phenoxy) is 4. The molecule has 3 rings (SSSR count). The number of rotatable bonds is 13. The number of methoxy groups -OCH3 is 3. The SMILES string of the molecule is C=CCOc1ccc(/C(O)=C2/C(=O)C(=O)N(CCN(CC)CC)C2c2cc(OC)c(OC)c(OC)c2)cc1. The standard InChI is InChI=1S/C29H36N2O7/c1-7-16-38-21-12-10-19(11-13-21)26(32)24-25(20-17-22(35-4)28(37-6)23(18-20)36-5)31(29(34)27(24)33)15-14-30(8-2)9-3/h7,10-13,17-18,25,32H,1,8-9,14-16H2,2-6H3/b26-24-. The van der Waals surface area contributed by atoms with Crippen molar-refractivity contribution in [2.45, 2.75) is 19.9 Å². The first-order chi connectivity index (χ1) is 18.3. The molecule has 9 heteroatoms. The van der Waals surface area contributed by atoms with E-state index in [1.807, 2.05) is 13.8 Å². The number of hydrogen-bond acceptors (Lipinski definition) is 8. The summed E-state index contributed by atoms with van der Waals surface area (Å²) in [4.78, 5) is 30.4. The molecule has 0 bridgehead atoms. The van der Waals surface area contributed by atoms with Crippen LogP contribution in [0.3, 0.4) is 0 Å². The third kappa shape index (κ3) is 5.78. The summed E-state index contributed by atoms with van der Waals surface area (Å²) in [5.41, 5.74) is 0.921. The zero-order valence-electron chi connectivity index (χ0n) is 22.7. The van der Waals surface area contributed by atoms with Crippen LogP contribution >= 0.6 is 0 Å². The minimum Gasteiger partial charge on any atom is -0.507 e. The molecular formula is C29H36N2O7. The quantitative estimate of drug-likeness (QED) is 0.182. The fourth-order valence-electron chi connectivity index (χ4n) is 4.53. The summed E-state index contributed by atoms with van der Waals surface area (Å²) in [5.74, 6) is 0.00921. The predicted molar refractivity (Wildman–Crippen MR) is 145 cm³/mol. The van der Waals surface area contributed by atoms with Crippen LogP contribution in [-0.2, 0) is 9.59 Å². The Kier molecular flexibility index (Phi) is 9.78. The van der Waals surface area contributed by atoms with Gasteiger partial charge in [0.25, 0.3) is 11.7 Å². The van der Waals surface area contributed by atoms with E-state index in [4.69, 9.17) is 18.9 Å². The molecule has 1 N–H and O–H groups in total. The topological polar surface area (TPSA) is 97.8 Å². The molecule has 1 unspecified atom stereocenters. The predicted octanol–water partition coefficient (Wildman–Crippen LogP) is 4.04. The Morgan fingerprint density at radius 3 is 2.13 bits per heavy atom. The number of ketones is 1. The second-order valence-electron chi connectivity index (χ2n) is 8.60. The van der Waals surface area contributed by atoms with Gasteiger partial charge in [0.1, 0.15) is 18.1 Å². The molecule has 1 atom stereocenters. The molecule has 1 heterocycles. The molecule has 0 radical (unpaired) electrons. The van der Waals surface area contributed by atoms with Crippen LogP contribution in [0.1, 0.15) is 31.0 Å². The van der Waals surface area contributed by atoms with E-state index in [0.717, 1.165) is 13.1 Å². The van der Waals surface area contributed by atoms with Gasteiger partial charge in [-0.05, 0) is 55.1 Å². The van der Waals surface area contributed by atoms with Crippen LogP contribution in [-0.4, -0.2) is 80.7 Å². The van der Waals surface area contributed by atoms with E-state index in [1.165, 1.54) is 26.2 Å². The van der Waals surface area contributed by atoms with Gasteiger partial charge in [0.05, 0.1) is 32.9 Å². The lowest BCUT2D eigenvalue weighted by atomic mass is 9.94. The molecule has 204 valence electrons. The van der Waals surface area contributed by atoms with E-state index in [0.29, 0.717) is 53.8 Å². The molecule has 2 aromatic carbocycles. The van der Waals surface area contributed by atoms with Gasteiger partial charge in [-0.15, -0.1) is 0 Å². The minimum absolute atomic E-state index is 0.0106. The number of carbonyl (C=O) groups excluding carboxylic acids is 2. The van der Waals surface area contributed by atoms with Crippen LogP contribution < -0.4 is 18.9 Å². The Labute approximate surface area is 223 Å². The lowest BCUT2D eigenvalue weighted by Crippen LogP contribution is -2.38. The van der Waals surface area contributed by atoms with Gasteiger partial charge in [0.15, 0.2) is 11.5 Å². The molecule has 1 fully saturated rings. The van der Waals surface area contributed by atoms with Crippen molar-refractivity contribution in [2.24, 2.45) is 0 Å². The van der Waals surface area contributed by atoms with Crippen LogP contribution in [0, 0.1) is 0 Å². The van der Waals surface area contributed by atoms with Crippen molar-refractivity contribution in [3.8, 4) is 23.0 Å². The summed E-state index contributed by atoms with van der Waals surface area (Å²) >= 11 is 0. The highest BCUT2D eigenvalue weighted by Gasteiger charge is 2.46. The van der Waals surface area contributed by atoms with Crippen molar-refractivity contribution in [3.05, 3.63) is 65.8 Å². The molecular weight excluding hydrogens is 488 g/mol. The maximum absolute atomic E-state index is 13.4. The first kappa shape index (κ1) is 28.6. The Balaban J connectivity index is 2.17. The molecule has 38 heavy (non-hydrogen) atoms. The average Bonchev–Trinajstić information content (AvgIpc) is 3.20. The van der Waals surface area contributed by atoms with Gasteiger partial charge in [-0.3, -0.25) is 9.59 Å². The highest BCUT2D eigenvalue weighted by molar-refractivity contribution is 6.46. The number of benzene rings is 2. The molecule has 1 saturated heterocycles. The molecule has 0 aromatic heterocycles. The lowest BCUT2D eigenvalue weighted by Gasteiger charge is -2.29. The molecule has 0 saturated carbocycles. The fourth-order valence-corrected chi connectivity index (χ4v) is 4.53. The summed E-state index contributed by atoms with van der Waals surface area (Å²) < 4.78 is 22.0. The van der Waals surface area contributed by atoms with Crippen molar-refractivity contribution >= 4 is 17.4 Å². The Hall–Kier alpha value is -3.98. The molecule has 0 spiro atoms. The summed E-state index contributed by atoms with van der Waals surface area (Å²) in [6.45, 7) is 10.5. The Morgan fingerprint density at radius 1 is 1.03 bits per heavy atom. The number of likely N-dealkylation sites (tertiary alicyclic amines) is 1. The van der Waals surface area contributed by atoms with Crippen molar-refractivity contribution in [2.75, 3.05) is 54.1 Å². The number of aliphatic hydroxyl groups excluding tert-OH is 1. The summed E-state index contributed by atoms with van der Waals surface area (Å²) in [6, 6.07) is 9.18. The minimum atomic E-state index is -0.865. The number of Topliss-reactive ketones (excluding diaryl/α,β-unsaturated/α-hetero) is 1. The monoisotopic (exact) mass is 524 g/mol. The van der Waals surface area contributed by atoms with Gasteiger partial charge in [-0.25, -0.2) is 0 Å². The third-order valence-corrected chi connectivity index (χ3v) is 6.59. The van der Waals surface area contributed by atoms with Crippen molar-refractivity contribution < 1.29 is 33.6 Å². The number of aliphatic hydroxyl groups is 1. The number of hydrogen-bond donors (Lipinski definition) is 1. The van der Waals surface area contributed by atoms with Gasteiger partial charge >= 0.3 is 0 Å². The zero-order valence-corrected chi connectivity index (χ0v) is 22.7. The molecule has 2 aromatic rings. The second kappa shape index (κ2) is 13.0. The third-order valence-electron chi connectivity index (χ3n) is 6.59. The maximum atomic E-state index is 13.4. The van der Waals surface area contributed by atoms with E-state index in [1.54, 1.807) is 42.5 Å². The van der Waals surface area contributed by atoms with Crippen molar-refractivity contribution in [1.82, 2.24) is 9.80 Å². The van der Waals surface area contributed by atoms with Gasteiger partial charge in [0, 0.05) is 18.7 Å². The second-order valence-corrected chi connectivity index (χ2v) is 8.60. The highest BCUT2D eigenvalue weighted by Crippen LogP contribution is 2.45. The van der Waals surface area contributed by atoms with Crippen molar-refractivity contribution in [1.29, 1.82) is 0 Å². The first-order valence-electron chi connectivity index (χ1n) is 12.5. The number of likely N-dealkylation sites (N-methyl/N-ethyl adjacent to an activating group) is 1. The molecule has 1 aliphatic heterocycles. The normalized spacial score (nSPS) is 16.6. The van der Waals surface area contributed by atoms with Crippen LogP contribution in [0.5, 0.6) is 23.0 Å². The van der Waals surface area contributed by atoms with E-state index >= 15 is 0 Å². The van der Waals surface area contributed by atoms with Crippen LogP contribution in [0.25, 0.3) is 5.76 Å². The van der Waals surface area contributed by atoms with Crippen LogP contribution in [0.2, 0.25) is 0 Å². The van der Waals surface area contributed by atoms with Crippen LogP contribution in [0.4, 0.5) is 0 Å². The van der Waals surface area contributed by atoms with Gasteiger partial charge < -0.3 is 33.9 Å².